The molecule has 0 saturated heterocycles. The lowest BCUT2D eigenvalue weighted by molar-refractivity contribution is -0.146. The summed E-state index contributed by atoms with van der Waals surface area (Å²) in [5.74, 6) is -2.06. The number of hydrogen-bond donors (Lipinski definition) is 2. The maximum absolute atomic E-state index is 12.5. The van der Waals surface area contributed by atoms with E-state index in [-0.39, 0.29) is 5.69 Å². The highest BCUT2D eigenvalue weighted by Gasteiger charge is 2.30. The molecule has 0 unspecified atom stereocenters. The lowest BCUT2D eigenvalue weighted by Gasteiger charge is -2.09. The Hall–Kier alpha value is -4.14. The fourth-order valence-corrected chi connectivity index (χ4v) is 2.84. The number of benzene rings is 3. The first kappa shape index (κ1) is 23.5. The molecular weight excluding hydrogens is 437 g/mol. The molecule has 2 amide bonds. The van der Waals surface area contributed by atoms with Crippen molar-refractivity contribution in [2.75, 3.05) is 18.5 Å². The van der Waals surface area contributed by atoms with Gasteiger partial charge in [0.15, 0.2) is 6.61 Å². The predicted octanol–water partition coefficient (Wildman–Crippen LogP) is 4.28. The maximum Gasteiger partial charge on any atom is 0.416 e. The minimum Gasteiger partial charge on any atom is -0.454 e. The van der Waals surface area contributed by atoms with Crippen LogP contribution in [0.2, 0.25) is 0 Å². The smallest absolute Gasteiger partial charge is 0.416 e. The SMILES string of the molecule is O=C(COC(=O)CNC(=O)c1ccc(-c2ccccc2)cc1)Nc1ccc(C(F)(F)F)cc1. The van der Waals surface area contributed by atoms with Crippen LogP contribution in [0.5, 0.6) is 0 Å². The van der Waals surface area contributed by atoms with Crippen molar-refractivity contribution in [3.63, 3.8) is 0 Å². The van der Waals surface area contributed by atoms with Gasteiger partial charge in [-0.05, 0) is 47.5 Å². The number of nitrogens with one attached hydrogen (secondary N) is 2. The molecule has 0 fully saturated rings. The summed E-state index contributed by atoms with van der Waals surface area (Å²) in [4.78, 5) is 35.8. The quantitative estimate of drug-likeness (QED) is 0.520. The number of amides is 2. The normalized spacial score (nSPS) is 10.9. The van der Waals surface area contributed by atoms with Crippen molar-refractivity contribution >= 4 is 23.5 Å². The number of anilines is 1. The molecule has 3 aromatic carbocycles. The molecule has 3 aromatic rings. The van der Waals surface area contributed by atoms with E-state index in [1.807, 2.05) is 30.3 Å². The summed E-state index contributed by atoms with van der Waals surface area (Å²) < 4.78 is 42.4. The van der Waals surface area contributed by atoms with Crippen molar-refractivity contribution in [1.29, 1.82) is 0 Å². The maximum atomic E-state index is 12.5. The van der Waals surface area contributed by atoms with Crippen molar-refractivity contribution in [1.82, 2.24) is 5.32 Å². The second-order valence-electron chi connectivity index (χ2n) is 6.91. The fraction of sp³-hybridized carbons (Fsp3) is 0.125. The van der Waals surface area contributed by atoms with Crippen LogP contribution in [0.15, 0.2) is 78.9 Å². The third-order valence-corrected chi connectivity index (χ3v) is 4.51. The average Bonchev–Trinajstić information content (AvgIpc) is 2.81. The molecule has 0 aromatic heterocycles. The van der Waals surface area contributed by atoms with Crippen molar-refractivity contribution in [3.05, 3.63) is 90.0 Å². The van der Waals surface area contributed by atoms with E-state index in [2.05, 4.69) is 10.6 Å². The van der Waals surface area contributed by atoms with Gasteiger partial charge in [-0.25, -0.2) is 0 Å². The molecule has 9 heteroatoms. The van der Waals surface area contributed by atoms with E-state index in [1.54, 1.807) is 24.3 Å². The Bertz CT molecular complexity index is 1110. The Balaban J connectivity index is 1.41. The topological polar surface area (TPSA) is 84.5 Å². The third-order valence-electron chi connectivity index (χ3n) is 4.51. The van der Waals surface area contributed by atoms with Gasteiger partial charge in [-0.3, -0.25) is 14.4 Å². The van der Waals surface area contributed by atoms with Crippen LogP contribution in [0, 0.1) is 0 Å². The van der Waals surface area contributed by atoms with E-state index in [0.717, 1.165) is 35.4 Å². The minimum absolute atomic E-state index is 0.122. The van der Waals surface area contributed by atoms with Crippen LogP contribution < -0.4 is 10.6 Å². The largest absolute Gasteiger partial charge is 0.454 e. The molecule has 33 heavy (non-hydrogen) atoms. The number of carbonyl (C=O) groups is 3. The lowest BCUT2D eigenvalue weighted by atomic mass is 10.0. The van der Waals surface area contributed by atoms with Gasteiger partial charge in [0.1, 0.15) is 6.54 Å². The second kappa shape index (κ2) is 10.4. The van der Waals surface area contributed by atoms with Crippen LogP contribution in [0.25, 0.3) is 11.1 Å². The van der Waals surface area contributed by atoms with Gasteiger partial charge in [0.25, 0.3) is 11.8 Å². The number of halogens is 3. The number of ether oxygens (including phenoxy) is 1. The number of alkyl halides is 3. The van der Waals surface area contributed by atoms with Gasteiger partial charge in [-0.1, -0.05) is 42.5 Å². The predicted molar refractivity (Wildman–Crippen MR) is 115 cm³/mol. The highest BCUT2D eigenvalue weighted by atomic mass is 19.4. The van der Waals surface area contributed by atoms with Gasteiger partial charge in [0.2, 0.25) is 0 Å². The molecule has 6 nitrogen and oxygen atoms in total. The Kier molecular flexibility index (Phi) is 7.45. The second-order valence-corrected chi connectivity index (χ2v) is 6.91. The van der Waals surface area contributed by atoms with E-state index in [1.165, 1.54) is 0 Å². The molecule has 0 aliphatic heterocycles. The van der Waals surface area contributed by atoms with Crippen molar-refractivity contribution < 1.29 is 32.3 Å². The van der Waals surface area contributed by atoms with E-state index < -0.39 is 42.7 Å². The number of esters is 1. The highest BCUT2D eigenvalue weighted by Crippen LogP contribution is 2.29. The summed E-state index contributed by atoms with van der Waals surface area (Å²) >= 11 is 0. The van der Waals surface area contributed by atoms with Gasteiger partial charge < -0.3 is 15.4 Å². The van der Waals surface area contributed by atoms with E-state index in [9.17, 15) is 27.6 Å². The van der Waals surface area contributed by atoms with Crippen molar-refractivity contribution in [3.8, 4) is 11.1 Å². The monoisotopic (exact) mass is 456 g/mol. The van der Waals surface area contributed by atoms with Crippen molar-refractivity contribution in [2.45, 2.75) is 6.18 Å². The first-order valence-corrected chi connectivity index (χ1v) is 9.79. The molecule has 0 aliphatic carbocycles. The zero-order chi connectivity index (χ0) is 23.8. The highest BCUT2D eigenvalue weighted by molar-refractivity contribution is 5.97. The Labute approximate surface area is 187 Å². The lowest BCUT2D eigenvalue weighted by Crippen LogP contribution is -2.32. The summed E-state index contributed by atoms with van der Waals surface area (Å²) in [6.45, 7) is -1.10. The average molecular weight is 456 g/mol. The van der Waals surface area contributed by atoms with Crippen LogP contribution in [0.1, 0.15) is 15.9 Å². The molecule has 0 atom stereocenters. The molecule has 0 bridgehead atoms. The number of hydrogen-bond acceptors (Lipinski definition) is 4. The summed E-state index contributed by atoms with van der Waals surface area (Å²) in [5, 5.41) is 4.71. The number of carbonyl (C=O) groups excluding carboxylic acids is 3. The van der Waals surface area contributed by atoms with Crippen LogP contribution in [0.4, 0.5) is 18.9 Å². The first-order chi connectivity index (χ1) is 15.7. The van der Waals surface area contributed by atoms with Crippen LogP contribution in [-0.2, 0) is 20.5 Å². The zero-order valence-electron chi connectivity index (χ0n) is 17.2. The molecule has 0 heterocycles. The molecule has 3 rings (SSSR count). The van der Waals surface area contributed by atoms with Crippen LogP contribution in [-0.4, -0.2) is 30.9 Å². The molecule has 0 aliphatic rings. The Morgan fingerprint density at radius 1 is 0.788 bits per heavy atom. The third kappa shape index (κ3) is 6.93. The summed E-state index contributed by atoms with van der Waals surface area (Å²) in [7, 11) is 0. The molecular formula is C24H19F3N2O4. The van der Waals surface area contributed by atoms with Crippen molar-refractivity contribution in [2.24, 2.45) is 0 Å². The molecule has 2 N–H and O–H groups in total. The van der Waals surface area contributed by atoms with Crippen LogP contribution >= 0.6 is 0 Å². The van der Waals surface area contributed by atoms with E-state index in [4.69, 9.17) is 4.74 Å². The fourth-order valence-electron chi connectivity index (χ4n) is 2.84. The molecule has 0 saturated carbocycles. The molecule has 170 valence electrons. The Morgan fingerprint density at radius 3 is 2.00 bits per heavy atom. The summed E-state index contributed by atoms with van der Waals surface area (Å²) in [5.41, 5.74) is 1.56. The van der Waals surface area contributed by atoms with E-state index >= 15 is 0 Å². The van der Waals surface area contributed by atoms with Crippen LogP contribution in [0.3, 0.4) is 0 Å². The molecule has 0 spiro atoms. The zero-order valence-corrected chi connectivity index (χ0v) is 17.2. The molecule has 0 radical (unpaired) electrons. The van der Waals surface area contributed by atoms with Gasteiger partial charge in [0, 0.05) is 11.3 Å². The first-order valence-electron chi connectivity index (χ1n) is 9.79. The van der Waals surface area contributed by atoms with Gasteiger partial charge in [-0.15, -0.1) is 0 Å². The Morgan fingerprint density at radius 2 is 1.39 bits per heavy atom. The van der Waals surface area contributed by atoms with Gasteiger partial charge in [0.05, 0.1) is 5.56 Å². The number of rotatable bonds is 7. The summed E-state index contributed by atoms with van der Waals surface area (Å²) in [6, 6.07) is 20.3. The van der Waals surface area contributed by atoms with Gasteiger partial charge in [-0.2, -0.15) is 13.2 Å². The minimum atomic E-state index is -4.48. The van der Waals surface area contributed by atoms with Gasteiger partial charge >= 0.3 is 12.1 Å². The van der Waals surface area contributed by atoms with E-state index in [0.29, 0.717) is 5.56 Å². The summed E-state index contributed by atoms with van der Waals surface area (Å²) in [6.07, 6.45) is -4.48. The standard InChI is InChI=1S/C24H19F3N2O4/c25-24(26,27)19-10-12-20(13-11-19)29-21(30)15-33-22(31)14-28-23(32)18-8-6-17(7-9-18)16-4-2-1-3-5-16/h1-13H,14-15H2,(H,28,32)(H,29,30).